The summed E-state index contributed by atoms with van der Waals surface area (Å²) in [6.45, 7) is 7.14. The van der Waals surface area contributed by atoms with Crippen LogP contribution in [0, 0.1) is 6.92 Å². The molecule has 9 nitrogen and oxygen atoms in total. The highest BCUT2D eigenvalue weighted by Gasteiger charge is 2.20. The summed E-state index contributed by atoms with van der Waals surface area (Å²) in [6, 6.07) is 9.73. The van der Waals surface area contributed by atoms with E-state index in [1.165, 1.54) is 6.07 Å². The lowest BCUT2D eigenvalue weighted by molar-refractivity contribution is 0.0964. The summed E-state index contributed by atoms with van der Waals surface area (Å²) in [7, 11) is 1.58. The molecule has 1 fully saturated rings. The normalized spacial score (nSPS) is 16.3. The van der Waals surface area contributed by atoms with Gasteiger partial charge in [0.05, 0.1) is 23.0 Å². The zero-order chi connectivity index (χ0) is 25.1. The smallest absolute Gasteiger partial charge is 0.251 e. The summed E-state index contributed by atoms with van der Waals surface area (Å²) in [5, 5.41) is 7.06. The average molecular weight is 492 g/mol. The number of hydrogen-bond acceptors (Lipinski definition) is 7. The Morgan fingerprint density at radius 1 is 1.08 bits per heavy atom. The molecule has 2 N–H and O–H groups in total. The van der Waals surface area contributed by atoms with Gasteiger partial charge in [0.1, 0.15) is 13.2 Å². The van der Waals surface area contributed by atoms with E-state index in [2.05, 4.69) is 20.5 Å². The Labute approximate surface area is 210 Å². The quantitative estimate of drug-likeness (QED) is 0.522. The zero-order valence-corrected chi connectivity index (χ0v) is 20.9. The van der Waals surface area contributed by atoms with E-state index in [1.807, 2.05) is 31.2 Å². The largest absolute Gasteiger partial charge is 0.486 e. The molecule has 0 aliphatic carbocycles. The molecule has 0 bridgehead atoms. The number of fused-ring (bicyclic) bond motifs is 2. The van der Waals surface area contributed by atoms with Gasteiger partial charge in [0, 0.05) is 50.2 Å². The molecule has 5 rings (SSSR count). The van der Waals surface area contributed by atoms with E-state index < -0.39 is 0 Å². The molecule has 4 heterocycles. The number of pyridine rings is 2. The van der Waals surface area contributed by atoms with Gasteiger partial charge in [-0.1, -0.05) is 12.1 Å². The van der Waals surface area contributed by atoms with Crippen LogP contribution in [0.25, 0.3) is 10.9 Å². The summed E-state index contributed by atoms with van der Waals surface area (Å²) >= 11 is 0. The summed E-state index contributed by atoms with van der Waals surface area (Å²) in [4.78, 5) is 32.2. The molecule has 2 aliphatic heterocycles. The van der Waals surface area contributed by atoms with E-state index in [1.54, 1.807) is 17.8 Å². The highest BCUT2D eigenvalue weighted by Crippen LogP contribution is 2.29. The molecule has 0 saturated carbocycles. The number of carbonyl (C=O) groups excluding carboxylic acids is 1. The molecule has 1 amide bonds. The summed E-state index contributed by atoms with van der Waals surface area (Å²) in [5.74, 6) is 1.24. The number of carbonyl (C=O) groups is 1. The lowest BCUT2D eigenvalue weighted by Crippen LogP contribution is -2.43. The van der Waals surface area contributed by atoms with Gasteiger partial charge in [0.2, 0.25) is 0 Å². The molecule has 1 aromatic carbocycles. The molecule has 190 valence electrons. The molecular weight excluding hydrogens is 458 g/mol. The highest BCUT2D eigenvalue weighted by atomic mass is 16.6. The van der Waals surface area contributed by atoms with E-state index >= 15 is 0 Å². The minimum atomic E-state index is -0.242. The summed E-state index contributed by atoms with van der Waals surface area (Å²) in [6.07, 6.45) is 3.81. The fourth-order valence-electron chi connectivity index (χ4n) is 4.98. The van der Waals surface area contributed by atoms with Crippen molar-refractivity contribution in [1.29, 1.82) is 0 Å². The second-order valence-corrected chi connectivity index (χ2v) is 9.46. The summed E-state index contributed by atoms with van der Waals surface area (Å²) in [5.41, 5.74) is 3.10. The number of likely N-dealkylation sites (tertiary alicyclic amines) is 1. The Kier molecular flexibility index (Phi) is 7.20. The van der Waals surface area contributed by atoms with Crippen molar-refractivity contribution in [3.63, 3.8) is 0 Å². The van der Waals surface area contributed by atoms with Crippen LogP contribution < -0.4 is 25.7 Å². The van der Waals surface area contributed by atoms with Crippen molar-refractivity contribution in [3.05, 3.63) is 63.7 Å². The third kappa shape index (κ3) is 5.22. The molecule has 36 heavy (non-hydrogen) atoms. The second kappa shape index (κ2) is 10.7. The van der Waals surface area contributed by atoms with E-state index in [0.717, 1.165) is 60.4 Å². The van der Waals surface area contributed by atoms with E-state index in [0.29, 0.717) is 43.7 Å². The number of ether oxygens (including phenoxy) is 2. The van der Waals surface area contributed by atoms with Crippen molar-refractivity contribution in [1.82, 2.24) is 25.1 Å². The molecule has 1 saturated heterocycles. The van der Waals surface area contributed by atoms with Crippen LogP contribution in [-0.2, 0) is 13.1 Å². The molecule has 0 radical (unpaired) electrons. The predicted octanol–water partition coefficient (Wildman–Crippen LogP) is 2.09. The number of aryl methyl sites for hydroxylation is 1. The molecule has 0 atom stereocenters. The van der Waals surface area contributed by atoms with Crippen LogP contribution in [0.3, 0.4) is 0 Å². The van der Waals surface area contributed by atoms with Crippen LogP contribution >= 0.6 is 0 Å². The zero-order valence-electron chi connectivity index (χ0n) is 20.9. The maximum Gasteiger partial charge on any atom is 0.251 e. The van der Waals surface area contributed by atoms with Crippen LogP contribution in [0.4, 0.5) is 0 Å². The van der Waals surface area contributed by atoms with Crippen LogP contribution in [0.2, 0.25) is 0 Å². The molecule has 3 aromatic rings. The molecule has 2 aliphatic rings. The molecule has 0 spiro atoms. The topological polar surface area (TPSA) is 97.7 Å². The lowest BCUT2D eigenvalue weighted by Gasteiger charge is -2.32. The van der Waals surface area contributed by atoms with Crippen molar-refractivity contribution in [2.24, 2.45) is 0 Å². The predicted molar refractivity (Wildman–Crippen MR) is 138 cm³/mol. The maximum atomic E-state index is 13.0. The van der Waals surface area contributed by atoms with E-state index in [-0.39, 0.29) is 11.5 Å². The lowest BCUT2D eigenvalue weighted by atomic mass is 10.0. The van der Waals surface area contributed by atoms with E-state index in [9.17, 15) is 9.59 Å². The first-order valence-corrected chi connectivity index (χ1v) is 12.6. The Bertz CT molecular complexity index is 1310. The Balaban J connectivity index is 1.18. The van der Waals surface area contributed by atoms with Crippen molar-refractivity contribution in [2.45, 2.75) is 38.9 Å². The molecular formula is C27H33N5O4. The van der Waals surface area contributed by atoms with Crippen molar-refractivity contribution in [3.8, 4) is 11.5 Å². The monoisotopic (exact) mass is 491 g/mol. The van der Waals surface area contributed by atoms with Gasteiger partial charge in [-0.3, -0.25) is 14.6 Å². The standard InChI is InChI=1S/C27H33N5O4/c1-18-3-4-21-22(27(34)28-2)15-26(33)32(23(21)13-18)10-9-31-7-5-19(6-8-31)29-16-20-14-24-25(17-30-20)36-12-11-35-24/h3-4,13-15,17,19,29H,5-12,16H2,1-2H3,(H,28,34). The number of nitrogens with zero attached hydrogens (tertiary/aromatic N) is 3. The Hall–Kier alpha value is -3.43. The number of amides is 1. The number of hydrogen-bond donors (Lipinski definition) is 2. The molecule has 0 unspecified atom stereocenters. The van der Waals surface area contributed by atoms with Crippen LogP contribution in [-0.4, -0.2) is 66.3 Å². The van der Waals surface area contributed by atoms with Gasteiger partial charge < -0.3 is 29.6 Å². The van der Waals surface area contributed by atoms with Crippen molar-refractivity contribution >= 4 is 16.8 Å². The van der Waals surface area contributed by atoms with Crippen LogP contribution in [0.15, 0.2) is 41.3 Å². The third-order valence-corrected chi connectivity index (χ3v) is 7.03. The molecule has 9 heteroatoms. The van der Waals surface area contributed by atoms with Gasteiger partial charge in [-0.2, -0.15) is 0 Å². The first-order valence-electron chi connectivity index (χ1n) is 12.6. The van der Waals surface area contributed by atoms with Crippen molar-refractivity contribution < 1.29 is 14.3 Å². The van der Waals surface area contributed by atoms with Crippen molar-refractivity contribution in [2.75, 3.05) is 39.9 Å². The SMILES string of the molecule is CNC(=O)c1cc(=O)n(CCN2CCC(NCc3cc4c(cn3)OCCO4)CC2)c2cc(C)ccc12. The minimum Gasteiger partial charge on any atom is -0.486 e. The third-order valence-electron chi connectivity index (χ3n) is 7.03. The van der Waals surface area contributed by atoms with Crippen LogP contribution in [0.5, 0.6) is 11.5 Å². The van der Waals surface area contributed by atoms with E-state index in [4.69, 9.17) is 9.47 Å². The molecule has 2 aromatic heterocycles. The second-order valence-electron chi connectivity index (χ2n) is 9.46. The fourth-order valence-corrected chi connectivity index (χ4v) is 4.98. The highest BCUT2D eigenvalue weighted by molar-refractivity contribution is 6.06. The number of rotatable bonds is 7. The fraction of sp³-hybridized carbons (Fsp3) is 0.444. The number of benzene rings is 1. The number of aromatic nitrogens is 2. The average Bonchev–Trinajstić information content (AvgIpc) is 2.91. The van der Waals surface area contributed by atoms with Gasteiger partial charge in [-0.15, -0.1) is 0 Å². The minimum absolute atomic E-state index is 0.143. The maximum absolute atomic E-state index is 13.0. The first kappa shape index (κ1) is 24.3. The summed E-state index contributed by atoms with van der Waals surface area (Å²) < 4.78 is 13.0. The van der Waals surface area contributed by atoms with Crippen LogP contribution in [0.1, 0.15) is 34.5 Å². The first-order chi connectivity index (χ1) is 17.5. The Morgan fingerprint density at radius 2 is 1.86 bits per heavy atom. The van der Waals surface area contributed by atoms with Gasteiger partial charge >= 0.3 is 0 Å². The number of piperidine rings is 1. The van der Waals surface area contributed by atoms with Gasteiger partial charge in [0.15, 0.2) is 11.5 Å². The number of nitrogens with one attached hydrogen (secondary N) is 2. The van der Waals surface area contributed by atoms with Gasteiger partial charge in [-0.05, 0) is 44.5 Å². The van der Waals surface area contributed by atoms with Gasteiger partial charge in [0.25, 0.3) is 11.5 Å². The Morgan fingerprint density at radius 3 is 2.64 bits per heavy atom. The van der Waals surface area contributed by atoms with Gasteiger partial charge in [-0.25, -0.2) is 0 Å².